The average molecular weight is 564 g/mol. The van der Waals surface area contributed by atoms with Gasteiger partial charge in [-0.1, -0.05) is 36.4 Å². The van der Waals surface area contributed by atoms with E-state index in [4.69, 9.17) is 14.5 Å². The summed E-state index contributed by atoms with van der Waals surface area (Å²) < 4.78 is 40.4. The number of nitrogens with one attached hydrogen (secondary N) is 1. The molecule has 1 aromatic heterocycles. The van der Waals surface area contributed by atoms with Gasteiger partial charge in [-0.2, -0.15) is 0 Å². The predicted molar refractivity (Wildman–Crippen MR) is 152 cm³/mol. The number of carbonyl (C=O) groups excluding carboxylic acids is 2. The van der Waals surface area contributed by atoms with Gasteiger partial charge >= 0.3 is 12.1 Å². The van der Waals surface area contributed by atoms with Crippen LogP contribution in [0.4, 0.5) is 13.6 Å². The van der Waals surface area contributed by atoms with E-state index in [-0.39, 0.29) is 26.0 Å². The third-order valence-electron chi connectivity index (χ3n) is 6.62. The molecule has 7 nitrogen and oxygen atoms in total. The molecule has 1 amide bonds. The Bertz CT molecular complexity index is 1540. The Morgan fingerprint density at radius 3 is 2.34 bits per heavy atom. The minimum atomic E-state index is -1.01. The molecule has 1 N–H and O–H groups in total. The zero-order chi connectivity index (χ0) is 29.7. The van der Waals surface area contributed by atoms with E-state index in [2.05, 4.69) is 5.32 Å². The molecule has 3 aromatic carbocycles. The fourth-order valence-electron chi connectivity index (χ4n) is 4.42. The number of aromatic nitrogens is 2. The minimum absolute atomic E-state index is 0.0549. The van der Waals surface area contributed by atoms with Crippen molar-refractivity contribution in [1.29, 1.82) is 0 Å². The number of benzene rings is 3. The van der Waals surface area contributed by atoms with E-state index < -0.39 is 35.3 Å². The van der Waals surface area contributed by atoms with Gasteiger partial charge in [0.05, 0.1) is 11.0 Å². The third kappa shape index (κ3) is 7.90. The van der Waals surface area contributed by atoms with Crippen molar-refractivity contribution >= 4 is 23.1 Å². The van der Waals surface area contributed by atoms with Crippen molar-refractivity contribution < 1.29 is 27.8 Å². The normalized spacial score (nSPS) is 12.3. The highest BCUT2D eigenvalue weighted by atomic mass is 19.2. The van der Waals surface area contributed by atoms with Gasteiger partial charge in [-0.25, -0.2) is 23.4 Å². The minimum Gasteiger partial charge on any atom is -0.459 e. The van der Waals surface area contributed by atoms with Gasteiger partial charge in [-0.05, 0) is 87.6 Å². The number of hydrogen-bond acceptors (Lipinski definition) is 5. The Morgan fingerprint density at radius 2 is 1.66 bits per heavy atom. The number of nitrogens with zero attached hydrogens (tertiary/aromatic N) is 2. The SMILES string of the molecule is Cc1cc2nc(CCC(NC(=O)OC(C)(C)C)C(=O)OCc3ccccc3)n(Cc3ccc(F)c(F)c3)c2cc1C. The number of hydrogen-bond donors (Lipinski definition) is 1. The Kier molecular flexibility index (Phi) is 9.05. The quantitative estimate of drug-likeness (QED) is 0.234. The van der Waals surface area contributed by atoms with E-state index in [1.807, 2.05) is 60.9 Å². The predicted octanol–water partition coefficient (Wildman–Crippen LogP) is 6.55. The summed E-state index contributed by atoms with van der Waals surface area (Å²) >= 11 is 0. The van der Waals surface area contributed by atoms with E-state index in [0.29, 0.717) is 11.4 Å². The summed E-state index contributed by atoms with van der Waals surface area (Å²) in [5.74, 6) is -1.82. The summed E-state index contributed by atoms with van der Waals surface area (Å²) in [4.78, 5) is 30.6. The smallest absolute Gasteiger partial charge is 0.408 e. The lowest BCUT2D eigenvalue weighted by atomic mass is 10.1. The van der Waals surface area contributed by atoms with Crippen LogP contribution in [0.2, 0.25) is 0 Å². The summed E-state index contributed by atoms with van der Waals surface area (Å²) in [5.41, 5.74) is 4.32. The Labute approximate surface area is 238 Å². The molecule has 0 saturated heterocycles. The third-order valence-corrected chi connectivity index (χ3v) is 6.62. The second kappa shape index (κ2) is 12.5. The second-order valence-corrected chi connectivity index (χ2v) is 11.1. The monoisotopic (exact) mass is 563 g/mol. The van der Waals surface area contributed by atoms with Crippen LogP contribution in [0.25, 0.3) is 11.0 Å². The van der Waals surface area contributed by atoms with Crippen LogP contribution >= 0.6 is 0 Å². The number of aryl methyl sites for hydroxylation is 3. The van der Waals surface area contributed by atoms with Gasteiger partial charge < -0.3 is 19.4 Å². The van der Waals surface area contributed by atoms with Crippen LogP contribution in [0.3, 0.4) is 0 Å². The molecule has 0 fully saturated rings. The fourth-order valence-corrected chi connectivity index (χ4v) is 4.42. The zero-order valence-electron chi connectivity index (χ0n) is 24.0. The maximum Gasteiger partial charge on any atom is 0.408 e. The Balaban J connectivity index is 1.61. The molecule has 0 bridgehead atoms. The molecular formula is C32H35F2N3O4. The van der Waals surface area contributed by atoms with E-state index in [9.17, 15) is 18.4 Å². The van der Waals surface area contributed by atoms with Gasteiger partial charge in [0.25, 0.3) is 0 Å². The number of amides is 1. The molecule has 0 aliphatic heterocycles. The lowest BCUT2D eigenvalue weighted by molar-refractivity contribution is -0.147. The lowest BCUT2D eigenvalue weighted by Gasteiger charge is -2.23. The van der Waals surface area contributed by atoms with Crippen LogP contribution in [-0.4, -0.2) is 33.3 Å². The van der Waals surface area contributed by atoms with Crippen LogP contribution in [0.5, 0.6) is 0 Å². The van der Waals surface area contributed by atoms with Gasteiger partial charge in [0.2, 0.25) is 0 Å². The van der Waals surface area contributed by atoms with Crippen LogP contribution in [-0.2, 0) is 33.8 Å². The number of carbonyl (C=O) groups is 2. The number of imidazole rings is 1. The first-order chi connectivity index (χ1) is 19.4. The summed E-state index contributed by atoms with van der Waals surface area (Å²) in [6.45, 7) is 9.49. The van der Waals surface area contributed by atoms with E-state index in [1.54, 1.807) is 20.8 Å². The molecule has 4 aromatic rings. The maximum absolute atomic E-state index is 14.0. The van der Waals surface area contributed by atoms with Crippen molar-refractivity contribution in [3.8, 4) is 0 Å². The van der Waals surface area contributed by atoms with Crippen molar-refractivity contribution in [2.24, 2.45) is 0 Å². The van der Waals surface area contributed by atoms with Crippen LogP contribution in [0, 0.1) is 25.5 Å². The molecule has 41 heavy (non-hydrogen) atoms. The lowest BCUT2D eigenvalue weighted by Crippen LogP contribution is -2.44. The Hall–Kier alpha value is -4.27. The second-order valence-electron chi connectivity index (χ2n) is 11.1. The summed E-state index contributed by atoms with van der Waals surface area (Å²) in [5, 5.41) is 2.65. The number of fused-ring (bicyclic) bond motifs is 1. The molecule has 0 aliphatic rings. The maximum atomic E-state index is 14.0. The highest BCUT2D eigenvalue weighted by Crippen LogP contribution is 2.24. The van der Waals surface area contributed by atoms with Crippen molar-refractivity contribution in [1.82, 2.24) is 14.9 Å². The molecule has 1 atom stereocenters. The topological polar surface area (TPSA) is 82.4 Å². The van der Waals surface area contributed by atoms with Gasteiger partial charge in [-0.3, -0.25) is 0 Å². The zero-order valence-corrected chi connectivity index (χ0v) is 24.0. The van der Waals surface area contributed by atoms with Crippen molar-refractivity contribution in [2.75, 3.05) is 0 Å². The van der Waals surface area contributed by atoms with E-state index >= 15 is 0 Å². The Morgan fingerprint density at radius 1 is 0.951 bits per heavy atom. The van der Waals surface area contributed by atoms with Gasteiger partial charge in [-0.15, -0.1) is 0 Å². The number of ether oxygens (including phenoxy) is 2. The molecule has 9 heteroatoms. The highest BCUT2D eigenvalue weighted by Gasteiger charge is 2.27. The summed E-state index contributed by atoms with van der Waals surface area (Å²) in [6, 6.07) is 16.0. The standard InChI is InChI=1S/C32H35F2N3O4/c1-20-15-27-28(16-21(20)2)37(18-23-11-12-24(33)25(34)17-23)29(35-27)14-13-26(36-31(39)41-32(3,4)5)30(38)40-19-22-9-7-6-8-10-22/h6-12,15-17,26H,13-14,18-19H2,1-5H3,(H,36,39). The molecule has 0 saturated carbocycles. The highest BCUT2D eigenvalue weighted by molar-refractivity contribution is 5.81. The van der Waals surface area contributed by atoms with Crippen LogP contribution in [0.15, 0.2) is 60.7 Å². The number of alkyl carbamates (subject to hydrolysis) is 1. The number of esters is 1. The van der Waals surface area contributed by atoms with Gasteiger partial charge in [0.1, 0.15) is 24.1 Å². The van der Waals surface area contributed by atoms with Crippen molar-refractivity contribution in [3.05, 3.63) is 100 Å². The summed E-state index contributed by atoms with van der Waals surface area (Å²) in [6.07, 6.45) is -0.274. The van der Waals surface area contributed by atoms with E-state index in [0.717, 1.165) is 33.8 Å². The number of halogens is 2. The largest absolute Gasteiger partial charge is 0.459 e. The first-order valence-electron chi connectivity index (χ1n) is 13.5. The van der Waals surface area contributed by atoms with Gasteiger partial charge in [0, 0.05) is 13.0 Å². The van der Waals surface area contributed by atoms with E-state index in [1.165, 1.54) is 12.1 Å². The molecule has 4 rings (SSSR count). The molecule has 1 unspecified atom stereocenters. The molecule has 0 radical (unpaired) electrons. The fraction of sp³-hybridized carbons (Fsp3) is 0.344. The molecule has 216 valence electrons. The van der Waals surface area contributed by atoms with Crippen molar-refractivity contribution in [3.63, 3.8) is 0 Å². The molecular weight excluding hydrogens is 528 g/mol. The van der Waals surface area contributed by atoms with Crippen molar-refractivity contribution in [2.45, 2.75) is 72.3 Å². The first-order valence-corrected chi connectivity index (χ1v) is 13.5. The molecule has 0 aliphatic carbocycles. The molecule has 1 heterocycles. The van der Waals surface area contributed by atoms with Crippen LogP contribution in [0.1, 0.15) is 55.3 Å². The summed E-state index contributed by atoms with van der Waals surface area (Å²) in [7, 11) is 0. The molecule has 0 spiro atoms. The number of rotatable bonds is 9. The van der Waals surface area contributed by atoms with Gasteiger partial charge in [0.15, 0.2) is 11.6 Å². The average Bonchev–Trinajstić information content (AvgIpc) is 3.22. The van der Waals surface area contributed by atoms with Crippen LogP contribution < -0.4 is 5.32 Å². The first kappa shape index (κ1) is 29.7.